The first-order chi connectivity index (χ1) is 9.00. The number of anilines is 1. The summed E-state index contributed by atoms with van der Waals surface area (Å²) in [7, 11) is 0. The lowest BCUT2D eigenvalue weighted by molar-refractivity contribution is 0.0697. The molecule has 0 radical (unpaired) electrons. The Morgan fingerprint density at radius 2 is 1.84 bits per heavy atom. The lowest BCUT2D eigenvalue weighted by Crippen LogP contribution is -2.38. The van der Waals surface area contributed by atoms with Gasteiger partial charge in [-0.1, -0.05) is 0 Å². The maximum atomic E-state index is 12.1. The van der Waals surface area contributed by atoms with E-state index < -0.39 is 5.97 Å². The number of carboxylic acid groups (broad SMARTS) is 1. The number of likely N-dealkylation sites (tertiary alicyclic amines) is 1. The Morgan fingerprint density at radius 1 is 1.21 bits per heavy atom. The standard InChI is InChI=1S/C13H18N2O3S/c1-8-9(2)19-11(10(8)12(16)17)14-13(18)15-6-4-3-5-7-15/h3-7H2,1-2H3,(H,14,18)(H,16,17). The molecule has 6 heteroatoms. The molecule has 0 unspecified atom stereocenters. The van der Waals surface area contributed by atoms with E-state index in [2.05, 4.69) is 5.32 Å². The lowest BCUT2D eigenvalue weighted by atomic mass is 10.1. The monoisotopic (exact) mass is 282 g/mol. The van der Waals surface area contributed by atoms with E-state index in [1.54, 1.807) is 11.8 Å². The summed E-state index contributed by atoms with van der Waals surface area (Å²) < 4.78 is 0. The van der Waals surface area contributed by atoms with Crippen molar-refractivity contribution >= 4 is 28.3 Å². The van der Waals surface area contributed by atoms with Gasteiger partial charge in [-0.25, -0.2) is 9.59 Å². The fourth-order valence-electron chi connectivity index (χ4n) is 2.25. The maximum Gasteiger partial charge on any atom is 0.338 e. The quantitative estimate of drug-likeness (QED) is 0.875. The molecule has 1 saturated heterocycles. The van der Waals surface area contributed by atoms with Crippen molar-refractivity contribution < 1.29 is 14.7 Å². The van der Waals surface area contributed by atoms with E-state index in [9.17, 15) is 14.7 Å². The van der Waals surface area contributed by atoms with E-state index in [0.717, 1.165) is 42.8 Å². The zero-order chi connectivity index (χ0) is 14.0. The molecule has 1 aromatic rings. The molecule has 2 amide bonds. The number of hydrogen-bond donors (Lipinski definition) is 2. The van der Waals surface area contributed by atoms with Crippen LogP contribution in [0.3, 0.4) is 0 Å². The van der Waals surface area contributed by atoms with Crippen LogP contribution < -0.4 is 5.32 Å². The van der Waals surface area contributed by atoms with Crippen molar-refractivity contribution in [2.24, 2.45) is 0 Å². The van der Waals surface area contributed by atoms with Gasteiger partial charge in [-0.3, -0.25) is 5.32 Å². The molecule has 0 spiro atoms. The second-order valence-corrected chi connectivity index (χ2v) is 6.00. The van der Waals surface area contributed by atoms with Crippen LogP contribution in [0.2, 0.25) is 0 Å². The molecule has 0 saturated carbocycles. The first-order valence-electron chi connectivity index (χ1n) is 6.40. The summed E-state index contributed by atoms with van der Waals surface area (Å²) in [6, 6.07) is -0.191. The van der Waals surface area contributed by atoms with Crippen LogP contribution in [0.5, 0.6) is 0 Å². The summed E-state index contributed by atoms with van der Waals surface area (Å²) in [6.07, 6.45) is 3.19. The summed E-state index contributed by atoms with van der Waals surface area (Å²) in [5, 5.41) is 12.4. The summed E-state index contributed by atoms with van der Waals surface area (Å²) in [6.45, 7) is 5.13. The van der Waals surface area contributed by atoms with Crippen molar-refractivity contribution in [2.45, 2.75) is 33.1 Å². The molecule has 1 aliphatic heterocycles. The van der Waals surface area contributed by atoms with Gasteiger partial charge in [0.05, 0.1) is 5.56 Å². The molecule has 1 aromatic heterocycles. The number of nitrogens with one attached hydrogen (secondary N) is 1. The highest BCUT2D eigenvalue weighted by Crippen LogP contribution is 2.32. The van der Waals surface area contributed by atoms with Gasteiger partial charge in [0, 0.05) is 18.0 Å². The molecule has 0 atom stereocenters. The number of hydrogen-bond acceptors (Lipinski definition) is 3. The van der Waals surface area contributed by atoms with Crippen molar-refractivity contribution in [1.29, 1.82) is 0 Å². The smallest absolute Gasteiger partial charge is 0.338 e. The molecule has 0 bridgehead atoms. The highest BCUT2D eigenvalue weighted by atomic mass is 32.1. The average molecular weight is 282 g/mol. The van der Waals surface area contributed by atoms with Gasteiger partial charge < -0.3 is 10.0 Å². The first kappa shape index (κ1) is 13.9. The minimum absolute atomic E-state index is 0.191. The Hall–Kier alpha value is -1.56. The number of urea groups is 1. The minimum Gasteiger partial charge on any atom is -0.478 e. The third-order valence-electron chi connectivity index (χ3n) is 3.46. The summed E-state index contributed by atoms with van der Waals surface area (Å²) in [5.41, 5.74) is 0.944. The highest BCUT2D eigenvalue weighted by Gasteiger charge is 2.23. The molecule has 0 aromatic carbocycles. The van der Waals surface area contributed by atoms with Crippen LogP contribution in [0.4, 0.5) is 9.80 Å². The molecule has 1 fully saturated rings. The molecule has 1 aliphatic rings. The maximum absolute atomic E-state index is 12.1. The van der Waals surface area contributed by atoms with E-state index in [0.29, 0.717) is 5.00 Å². The number of aryl methyl sites for hydroxylation is 1. The zero-order valence-electron chi connectivity index (χ0n) is 11.2. The SMILES string of the molecule is Cc1sc(NC(=O)N2CCCCC2)c(C(=O)O)c1C. The Bertz CT molecular complexity index is 504. The number of rotatable bonds is 2. The second kappa shape index (κ2) is 5.61. The number of aromatic carboxylic acids is 1. The molecular weight excluding hydrogens is 264 g/mol. The van der Waals surface area contributed by atoms with Gasteiger partial charge in [-0.05, 0) is 38.7 Å². The molecule has 2 N–H and O–H groups in total. The predicted octanol–water partition coefficient (Wildman–Crippen LogP) is 3.08. The van der Waals surface area contributed by atoms with Gasteiger partial charge in [-0.15, -0.1) is 11.3 Å². The zero-order valence-corrected chi connectivity index (χ0v) is 12.0. The van der Waals surface area contributed by atoms with Crippen LogP contribution in [0.25, 0.3) is 0 Å². The Labute approximate surface area is 116 Å². The molecule has 5 nitrogen and oxygen atoms in total. The highest BCUT2D eigenvalue weighted by molar-refractivity contribution is 7.16. The molecule has 2 rings (SSSR count). The number of thiophene rings is 1. The third-order valence-corrected chi connectivity index (χ3v) is 4.59. The van der Waals surface area contributed by atoms with E-state index in [1.807, 2.05) is 6.92 Å². The number of amides is 2. The van der Waals surface area contributed by atoms with Crippen molar-refractivity contribution in [1.82, 2.24) is 4.90 Å². The predicted molar refractivity (Wildman–Crippen MR) is 75.2 cm³/mol. The van der Waals surface area contributed by atoms with Crippen molar-refractivity contribution in [3.63, 3.8) is 0 Å². The third kappa shape index (κ3) is 2.89. The Kier molecular flexibility index (Phi) is 4.09. The van der Waals surface area contributed by atoms with Gasteiger partial charge in [0.1, 0.15) is 5.00 Å². The fraction of sp³-hybridized carbons (Fsp3) is 0.538. The van der Waals surface area contributed by atoms with Crippen LogP contribution in [0, 0.1) is 13.8 Å². The van der Waals surface area contributed by atoms with Crippen molar-refractivity contribution in [3.05, 3.63) is 16.0 Å². The van der Waals surface area contributed by atoms with Crippen LogP contribution >= 0.6 is 11.3 Å². The Morgan fingerprint density at radius 3 is 2.42 bits per heavy atom. The number of carboxylic acids is 1. The number of nitrogens with zero attached hydrogens (tertiary/aromatic N) is 1. The topological polar surface area (TPSA) is 69.6 Å². The van der Waals surface area contributed by atoms with E-state index in [1.165, 1.54) is 11.3 Å². The normalized spacial score (nSPS) is 15.4. The van der Waals surface area contributed by atoms with Crippen LogP contribution in [0.15, 0.2) is 0 Å². The van der Waals surface area contributed by atoms with Gasteiger partial charge in [0.15, 0.2) is 0 Å². The van der Waals surface area contributed by atoms with E-state index in [4.69, 9.17) is 0 Å². The molecule has 104 valence electrons. The summed E-state index contributed by atoms with van der Waals surface area (Å²) in [4.78, 5) is 26.0. The van der Waals surface area contributed by atoms with Crippen molar-refractivity contribution in [3.8, 4) is 0 Å². The van der Waals surface area contributed by atoms with Crippen LogP contribution in [0.1, 0.15) is 40.1 Å². The summed E-state index contributed by atoms with van der Waals surface area (Å²) >= 11 is 1.32. The van der Waals surface area contributed by atoms with Crippen LogP contribution in [-0.4, -0.2) is 35.1 Å². The van der Waals surface area contributed by atoms with Gasteiger partial charge in [0.2, 0.25) is 0 Å². The molecular formula is C13H18N2O3S. The van der Waals surface area contributed by atoms with Gasteiger partial charge in [-0.2, -0.15) is 0 Å². The number of carbonyl (C=O) groups is 2. The van der Waals surface area contributed by atoms with E-state index in [-0.39, 0.29) is 11.6 Å². The first-order valence-corrected chi connectivity index (χ1v) is 7.21. The Balaban J connectivity index is 2.16. The molecule has 19 heavy (non-hydrogen) atoms. The average Bonchev–Trinajstić information content (AvgIpc) is 2.65. The largest absolute Gasteiger partial charge is 0.478 e. The van der Waals surface area contributed by atoms with Crippen molar-refractivity contribution in [2.75, 3.05) is 18.4 Å². The minimum atomic E-state index is -0.990. The second-order valence-electron chi connectivity index (χ2n) is 4.77. The van der Waals surface area contributed by atoms with E-state index >= 15 is 0 Å². The van der Waals surface area contributed by atoms with Crippen LogP contribution in [-0.2, 0) is 0 Å². The summed E-state index contributed by atoms with van der Waals surface area (Å²) in [5.74, 6) is -0.990. The van der Waals surface area contributed by atoms with Gasteiger partial charge >= 0.3 is 12.0 Å². The fourth-order valence-corrected chi connectivity index (χ4v) is 3.29. The van der Waals surface area contributed by atoms with Gasteiger partial charge in [0.25, 0.3) is 0 Å². The number of carbonyl (C=O) groups excluding carboxylic acids is 1. The molecule has 2 heterocycles. The number of piperidine rings is 1. The lowest BCUT2D eigenvalue weighted by Gasteiger charge is -2.26. The molecule has 0 aliphatic carbocycles.